The molecule has 0 aliphatic carbocycles. The first-order valence-electron chi connectivity index (χ1n) is 9.12. The second-order valence-corrected chi connectivity index (χ2v) is 6.70. The van der Waals surface area contributed by atoms with E-state index in [1.165, 1.54) is 0 Å². The molecule has 0 bridgehead atoms. The Hall–Kier alpha value is -2.80. The first-order chi connectivity index (χ1) is 13.2. The molecule has 1 aliphatic rings. The van der Waals surface area contributed by atoms with Gasteiger partial charge in [-0.15, -0.1) is 0 Å². The van der Waals surface area contributed by atoms with Crippen LogP contribution in [0.15, 0.2) is 30.3 Å². The number of rotatable bonds is 6. The van der Waals surface area contributed by atoms with Crippen LogP contribution in [0.25, 0.3) is 16.9 Å². The molecule has 142 valence electrons. The summed E-state index contributed by atoms with van der Waals surface area (Å²) in [6.07, 6.45) is 2.47. The quantitative estimate of drug-likeness (QED) is 0.720. The summed E-state index contributed by atoms with van der Waals surface area (Å²) in [7, 11) is 3.28. The molecule has 3 heterocycles. The third-order valence-electron chi connectivity index (χ3n) is 4.74. The van der Waals surface area contributed by atoms with Gasteiger partial charge in [-0.2, -0.15) is 9.61 Å². The lowest BCUT2D eigenvalue weighted by atomic mass is 10.1. The molecule has 1 saturated heterocycles. The van der Waals surface area contributed by atoms with Gasteiger partial charge in [0.1, 0.15) is 17.3 Å². The maximum Gasteiger partial charge on any atom is 0.158 e. The Morgan fingerprint density at radius 2 is 1.93 bits per heavy atom. The number of nitrogens with zero attached hydrogens (tertiary/aromatic N) is 3. The summed E-state index contributed by atoms with van der Waals surface area (Å²) in [6.45, 7) is 3.60. The second kappa shape index (κ2) is 7.44. The van der Waals surface area contributed by atoms with Gasteiger partial charge in [-0.05, 0) is 31.9 Å². The third kappa shape index (κ3) is 3.68. The van der Waals surface area contributed by atoms with Gasteiger partial charge in [-0.1, -0.05) is 0 Å². The van der Waals surface area contributed by atoms with E-state index in [1.807, 2.05) is 41.8 Å². The van der Waals surface area contributed by atoms with E-state index < -0.39 is 0 Å². The van der Waals surface area contributed by atoms with Gasteiger partial charge in [0.15, 0.2) is 5.65 Å². The summed E-state index contributed by atoms with van der Waals surface area (Å²) in [6, 6.07) is 9.70. The molecule has 0 amide bonds. The van der Waals surface area contributed by atoms with Crippen LogP contribution < -0.4 is 14.8 Å². The molecule has 1 unspecified atom stereocenters. The number of aryl methyl sites for hydroxylation is 1. The molecule has 1 aromatic carbocycles. The minimum absolute atomic E-state index is 0.256. The van der Waals surface area contributed by atoms with Crippen LogP contribution in [0.3, 0.4) is 0 Å². The van der Waals surface area contributed by atoms with Crippen LogP contribution in [0.4, 0.5) is 5.82 Å². The fraction of sp³-hybridized carbons (Fsp3) is 0.400. The van der Waals surface area contributed by atoms with E-state index in [0.717, 1.165) is 65.9 Å². The normalized spacial score (nSPS) is 16.6. The fourth-order valence-electron chi connectivity index (χ4n) is 3.35. The van der Waals surface area contributed by atoms with Gasteiger partial charge in [0.25, 0.3) is 0 Å². The van der Waals surface area contributed by atoms with Gasteiger partial charge in [-0.25, -0.2) is 4.98 Å². The number of ether oxygens (including phenoxy) is 3. The monoisotopic (exact) mass is 368 g/mol. The number of hydrogen-bond donors (Lipinski definition) is 1. The molecule has 4 rings (SSSR count). The Bertz CT molecular complexity index is 926. The number of aromatic nitrogens is 3. The lowest BCUT2D eigenvalue weighted by Gasteiger charge is -2.13. The minimum Gasteiger partial charge on any atom is -0.497 e. The smallest absolute Gasteiger partial charge is 0.158 e. The number of benzene rings is 1. The highest BCUT2D eigenvalue weighted by molar-refractivity contribution is 5.68. The SMILES string of the molecule is COc1cc(OC)cc(-c2cc3nc(C)cc(NCC4CCCO4)n3n2)c1. The van der Waals surface area contributed by atoms with Crippen molar-refractivity contribution in [1.29, 1.82) is 0 Å². The van der Waals surface area contributed by atoms with Crippen molar-refractivity contribution in [3.05, 3.63) is 36.0 Å². The van der Waals surface area contributed by atoms with Crippen molar-refractivity contribution in [2.24, 2.45) is 0 Å². The van der Waals surface area contributed by atoms with Gasteiger partial charge in [0.05, 0.1) is 26.0 Å². The first-order valence-corrected chi connectivity index (χ1v) is 9.12. The summed E-state index contributed by atoms with van der Waals surface area (Å²) in [5, 5.41) is 8.23. The van der Waals surface area contributed by atoms with Crippen molar-refractivity contribution >= 4 is 11.5 Å². The van der Waals surface area contributed by atoms with E-state index in [2.05, 4.69) is 10.3 Å². The highest BCUT2D eigenvalue weighted by atomic mass is 16.5. The Labute approximate surface area is 158 Å². The van der Waals surface area contributed by atoms with Crippen LogP contribution in [0.1, 0.15) is 18.5 Å². The van der Waals surface area contributed by atoms with Gasteiger partial charge < -0.3 is 19.5 Å². The maximum atomic E-state index is 5.71. The van der Waals surface area contributed by atoms with E-state index in [4.69, 9.17) is 19.3 Å². The van der Waals surface area contributed by atoms with Gasteiger partial charge >= 0.3 is 0 Å². The minimum atomic E-state index is 0.256. The van der Waals surface area contributed by atoms with E-state index >= 15 is 0 Å². The predicted octanol–water partition coefficient (Wildman–Crippen LogP) is 3.31. The summed E-state index contributed by atoms with van der Waals surface area (Å²) in [4.78, 5) is 4.61. The van der Waals surface area contributed by atoms with Crippen molar-refractivity contribution in [2.75, 3.05) is 32.7 Å². The number of hydrogen-bond acceptors (Lipinski definition) is 6. The number of methoxy groups -OCH3 is 2. The molecule has 1 aliphatic heterocycles. The molecule has 27 heavy (non-hydrogen) atoms. The molecule has 3 aromatic rings. The zero-order valence-corrected chi connectivity index (χ0v) is 15.9. The van der Waals surface area contributed by atoms with Crippen LogP contribution in [-0.4, -0.2) is 48.1 Å². The average molecular weight is 368 g/mol. The van der Waals surface area contributed by atoms with Gasteiger partial charge in [0.2, 0.25) is 0 Å². The summed E-state index contributed by atoms with van der Waals surface area (Å²) < 4.78 is 18.3. The molecule has 1 atom stereocenters. The molecule has 1 fully saturated rings. The second-order valence-electron chi connectivity index (χ2n) is 6.70. The molecule has 1 N–H and O–H groups in total. The summed E-state index contributed by atoms with van der Waals surface area (Å²) >= 11 is 0. The van der Waals surface area contributed by atoms with Crippen molar-refractivity contribution in [1.82, 2.24) is 14.6 Å². The van der Waals surface area contributed by atoms with Gasteiger partial charge in [0, 0.05) is 42.6 Å². The average Bonchev–Trinajstić information content (AvgIpc) is 3.35. The Balaban J connectivity index is 1.70. The van der Waals surface area contributed by atoms with Crippen LogP contribution in [0.2, 0.25) is 0 Å². The largest absolute Gasteiger partial charge is 0.497 e. The van der Waals surface area contributed by atoms with Crippen molar-refractivity contribution < 1.29 is 14.2 Å². The van der Waals surface area contributed by atoms with Crippen LogP contribution in [0, 0.1) is 6.92 Å². The lowest BCUT2D eigenvalue weighted by molar-refractivity contribution is 0.120. The van der Waals surface area contributed by atoms with Crippen molar-refractivity contribution in [2.45, 2.75) is 25.9 Å². The van der Waals surface area contributed by atoms with Crippen molar-refractivity contribution in [3.63, 3.8) is 0 Å². The van der Waals surface area contributed by atoms with Crippen LogP contribution in [-0.2, 0) is 4.74 Å². The number of anilines is 1. The first kappa shape index (κ1) is 17.6. The molecule has 0 saturated carbocycles. The Morgan fingerprint density at radius 3 is 2.59 bits per heavy atom. The highest BCUT2D eigenvalue weighted by Gasteiger charge is 2.17. The van der Waals surface area contributed by atoms with E-state index in [0.29, 0.717) is 0 Å². The summed E-state index contributed by atoms with van der Waals surface area (Å²) in [5.74, 6) is 2.36. The lowest BCUT2D eigenvalue weighted by Crippen LogP contribution is -2.20. The third-order valence-corrected chi connectivity index (χ3v) is 4.74. The zero-order chi connectivity index (χ0) is 18.8. The van der Waals surface area contributed by atoms with E-state index in [9.17, 15) is 0 Å². The molecular formula is C20H24N4O3. The predicted molar refractivity (Wildman–Crippen MR) is 104 cm³/mol. The van der Waals surface area contributed by atoms with Crippen LogP contribution >= 0.6 is 0 Å². The fourth-order valence-corrected chi connectivity index (χ4v) is 3.35. The van der Waals surface area contributed by atoms with Gasteiger partial charge in [-0.3, -0.25) is 0 Å². The molecule has 0 radical (unpaired) electrons. The molecule has 7 heteroatoms. The maximum absolute atomic E-state index is 5.71. The molecule has 2 aromatic heterocycles. The highest BCUT2D eigenvalue weighted by Crippen LogP contribution is 2.30. The zero-order valence-electron chi connectivity index (χ0n) is 15.9. The Morgan fingerprint density at radius 1 is 1.15 bits per heavy atom. The standard InChI is InChI=1S/C20H24N4O3/c1-13-7-19(21-12-15-5-4-6-27-15)24-20(22-13)11-18(23-24)14-8-16(25-2)10-17(9-14)26-3/h7-11,15,21H,4-6,12H2,1-3H3. The van der Waals surface area contributed by atoms with E-state index in [-0.39, 0.29) is 6.10 Å². The summed E-state index contributed by atoms with van der Waals surface area (Å²) in [5.41, 5.74) is 3.46. The number of nitrogens with one attached hydrogen (secondary N) is 1. The number of fused-ring (bicyclic) bond motifs is 1. The van der Waals surface area contributed by atoms with Crippen LogP contribution in [0.5, 0.6) is 11.5 Å². The molecule has 0 spiro atoms. The Kier molecular flexibility index (Phi) is 4.85. The van der Waals surface area contributed by atoms with E-state index in [1.54, 1.807) is 14.2 Å². The van der Waals surface area contributed by atoms with Crippen molar-refractivity contribution in [3.8, 4) is 22.8 Å². The molecule has 7 nitrogen and oxygen atoms in total. The topological polar surface area (TPSA) is 69.9 Å². The molecular weight excluding hydrogens is 344 g/mol.